The van der Waals surface area contributed by atoms with E-state index in [1.165, 1.54) is 0 Å². The van der Waals surface area contributed by atoms with Crippen molar-refractivity contribution in [3.8, 4) is 0 Å². The lowest BCUT2D eigenvalue weighted by Crippen LogP contribution is -2.29. The number of hydrogen-bond donors (Lipinski definition) is 1. The van der Waals surface area contributed by atoms with E-state index in [0.29, 0.717) is 5.82 Å². The number of hydrogen-bond acceptors (Lipinski definition) is 4. The lowest BCUT2D eigenvalue weighted by atomic mass is 10.3. The van der Waals surface area contributed by atoms with Crippen LogP contribution < -0.4 is 10.6 Å². The van der Waals surface area contributed by atoms with Gasteiger partial charge in [0.2, 0.25) is 0 Å². The Kier molecular flexibility index (Phi) is 3.71. The molecular weight excluding hydrogens is 176 g/mol. The van der Waals surface area contributed by atoms with E-state index >= 15 is 0 Å². The summed E-state index contributed by atoms with van der Waals surface area (Å²) in [5.74, 6) is 0.591. The average Bonchev–Trinajstić information content (AvgIpc) is 2.15. The molecule has 1 rings (SSSR count). The predicted molar refractivity (Wildman–Crippen MR) is 60.5 cm³/mol. The van der Waals surface area contributed by atoms with E-state index in [0.717, 1.165) is 18.8 Å². The molecule has 0 aliphatic rings. The number of pyridine rings is 1. The van der Waals surface area contributed by atoms with E-state index in [2.05, 4.69) is 28.9 Å². The van der Waals surface area contributed by atoms with Gasteiger partial charge in [0.15, 0.2) is 0 Å². The summed E-state index contributed by atoms with van der Waals surface area (Å²) in [5, 5.41) is 0. The number of nitrogens with two attached hydrogens (primary N) is 1. The van der Waals surface area contributed by atoms with Crippen LogP contribution in [-0.4, -0.2) is 44.1 Å². The minimum atomic E-state index is 0.591. The first kappa shape index (κ1) is 10.8. The monoisotopic (exact) mass is 194 g/mol. The van der Waals surface area contributed by atoms with Gasteiger partial charge >= 0.3 is 0 Å². The van der Waals surface area contributed by atoms with Crippen LogP contribution >= 0.6 is 0 Å². The van der Waals surface area contributed by atoms with Gasteiger partial charge in [-0.1, -0.05) is 0 Å². The molecule has 1 aromatic rings. The zero-order chi connectivity index (χ0) is 10.6. The highest BCUT2D eigenvalue weighted by Gasteiger charge is 2.04. The first-order chi connectivity index (χ1) is 6.61. The predicted octanol–water partition coefficient (Wildman–Crippen LogP) is 0.662. The van der Waals surface area contributed by atoms with E-state index in [9.17, 15) is 0 Å². The molecule has 1 aromatic heterocycles. The quantitative estimate of drug-likeness (QED) is 0.765. The topological polar surface area (TPSA) is 45.4 Å². The second kappa shape index (κ2) is 4.81. The van der Waals surface area contributed by atoms with Crippen LogP contribution in [0.5, 0.6) is 0 Å². The molecule has 0 amide bonds. The molecule has 14 heavy (non-hydrogen) atoms. The Bertz CT molecular complexity index is 285. The number of anilines is 2. The zero-order valence-electron chi connectivity index (χ0n) is 9.07. The van der Waals surface area contributed by atoms with Crippen molar-refractivity contribution in [1.82, 2.24) is 9.88 Å². The van der Waals surface area contributed by atoms with Gasteiger partial charge in [-0.15, -0.1) is 0 Å². The van der Waals surface area contributed by atoms with Crippen molar-refractivity contribution in [2.24, 2.45) is 0 Å². The maximum absolute atomic E-state index is 5.76. The van der Waals surface area contributed by atoms with Gasteiger partial charge in [0.05, 0.1) is 5.69 Å². The molecule has 0 saturated heterocycles. The summed E-state index contributed by atoms with van der Waals surface area (Å²) in [4.78, 5) is 8.31. The van der Waals surface area contributed by atoms with Crippen LogP contribution in [0.1, 0.15) is 0 Å². The molecular formula is C10H18N4. The minimum absolute atomic E-state index is 0.591. The van der Waals surface area contributed by atoms with E-state index in [-0.39, 0.29) is 0 Å². The van der Waals surface area contributed by atoms with Crippen LogP contribution in [0, 0.1) is 0 Å². The number of nitrogen functional groups attached to an aromatic ring is 1. The molecule has 0 radical (unpaired) electrons. The van der Waals surface area contributed by atoms with Crippen molar-refractivity contribution in [3.63, 3.8) is 0 Å². The summed E-state index contributed by atoms with van der Waals surface area (Å²) in [6.07, 6.45) is 1.71. The van der Waals surface area contributed by atoms with Crippen LogP contribution in [0.25, 0.3) is 0 Å². The van der Waals surface area contributed by atoms with Crippen LogP contribution in [0.4, 0.5) is 11.5 Å². The van der Waals surface area contributed by atoms with E-state index in [4.69, 9.17) is 5.73 Å². The molecule has 0 bridgehead atoms. The van der Waals surface area contributed by atoms with Crippen LogP contribution in [0.3, 0.4) is 0 Å². The van der Waals surface area contributed by atoms with Gasteiger partial charge in [0, 0.05) is 26.3 Å². The smallest absolute Gasteiger partial charge is 0.146 e. The molecule has 0 aromatic carbocycles. The Labute approximate surface area is 85.3 Å². The molecule has 0 unspecified atom stereocenters. The zero-order valence-corrected chi connectivity index (χ0v) is 9.07. The highest BCUT2D eigenvalue weighted by Crippen LogP contribution is 2.17. The third-order valence-corrected chi connectivity index (χ3v) is 2.11. The summed E-state index contributed by atoms with van der Waals surface area (Å²) in [6.45, 7) is 1.95. The molecule has 0 saturated carbocycles. The second-order valence-electron chi connectivity index (χ2n) is 3.63. The molecule has 0 atom stereocenters. The molecule has 0 aliphatic heterocycles. The largest absolute Gasteiger partial charge is 0.382 e. The van der Waals surface area contributed by atoms with E-state index < -0.39 is 0 Å². The fourth-order valence-electron chi connectivity index (χ4n) is 1.20. The Hall–Kier alpha value is -1.29. The third kappa shape index (κ3) is 2.88. The van der Waals surface area contributed by atoms with Gasteiger partial charge in [0.1, 0.15) is 5.82 Å². The van der Waals surface area contributed by atoms with Crippen molar-refractivity contribution in [3.05, 3.63) is 18.3 Å². The van der Waals surface area contributed by atoms with Gasteiger partial charge in [-0.05, 0) is 26.2 Å². The molecule has 0 aliphatic carbocycles. The molecule has 78 valence electrons. The summed E-state index contributed by atoms with van der Waals surface area (Å²) in [6, 6.07) is 3.88. The highest BCUT2D eigenvalue weighted by atomic mass is 15.2. The van der Waals surface area contributed by atoms with Crippen LogP contribution in [-0.2, 0) is 0 Å². The Morgan fingerprint density at radius 1 is 1.29 bits per heavy atom. The van der Waals surface area contributed by atoms with Crippen molar-refractivity contribution in [2.75, 3.05) is 44.9 Å². The lowest BCUT2D eigenvalue weighted by Gasteiger charge is -2.22. The van der Waals surface area contributed by atoms with Gasteiger partial charge < -0.3 is 15.5 Å². The maximum atomic E-state index is 5.76. The molecule has 4 nitrogen and oxygen atoms in total. The summed E-state index contributed by atoms with van der Waals surface area (Å²) >= 11 is 0. The standard InChI is InChI=1S/C10H18N4/c1-13(2)7-8-14(3)9-5-4-6-12-10(9)11/h4-6H,7-8H2,1-3H3,(H2,11,12). The van der Waals surface area contributed by atoms with E-state index in [1.54, 1.807) is 6.20 Å². The van der Waals surface area contributed by atoms with Gasteiger partial charge in [-0.2, -0.15) is 0 Å². The number of aromatic nitrogens is 1. The first-order valence-electron chi connectivity index (χ1n) is 4.67. The molecule has 1 heterocycles. The summed E-state index contributed by atoms with van der Waals surface area (Å²) in [7, 11) is 6.14. The summed E-state index contributed by atoms with van der Waals surface area (Å²) < 4.78 is 0. The van der Waals surface area contributed by atoms with Crippen molar-refractivity contribution in [2.45, 2.75) is 0 Å². The fourth-order valence-corrected chi connectivity index (χ4v) is 1.20. The fraction of sp³-hybridized carbons (Fsp3) is 0.500. The number of rotatable bonds is 4. The molecule has 2 N–H and O–H groups in total. The maximum Gasteiger partial charge on any atom is 0.146 e. The lowest BCUT2D eigenvalue weighted by molar-refractivity contribution is 0.416. The number of nitrogens with zero attached hydrogens (tertiary/aromatic N) is 3. The Morgan fingerprint density at radius 2 is 2.00 bits per heavy atom. The van der Waals surface area contributed by atoms with Gasteiger partial charge in [-0.3, -0.25) is 0 Å². The van der Waals surface area contributed by atoms with Crippen LogP contribution in [0.2, 0.25) is 0 Å². The van der Waals surface area contributed by atoms with Crippen LogP contribution in [0.15, 0.2) is 18.3 Å². The molecule has 4 heteroatoms. The minimum Gasteiger partial charge on any atom is -0.382 e. The molecule has 0 fully saturated rings. The third-order valence-electron chi connectivity index (χ3n) is 2.11. The average molecular weight is 194 g/mol. The second-order valence-corrected chi connectivity index (χ2v) is 3.63. The SMILES string of the molecule is CN(C)CCN(C)c1cccnc1N. The van der Waals surface area contributed by atoms with Crippen molar-refractivity contribution in [1.29, 1.82) is 0 Å². The van der Waals surface area contributed by atoms with Gasteiger partial charge in [0.25, 0.3) is 0 Å². The summed E-state index contributed by atoms with van der Waals surface area (Å²) in [5.41, 5.74) is 6.76. The normalized spacial score (nSPS) is 10.6. The number of likely N-dealkylation sites (N-methyl/N-ethyl adjacent to an activating group) is 2. The van der Waals surface area contributed by atoms with E-state index in [1.807, 2.05) is 19.2 Å². The highest BCUT2D eigenvalue weighted by molar-refractivity contribution is 5.62. The Morgan fingerprint density at radius 3 is 2.57 bits per heavy atom. The van der Waals surface area contributed by atoms with Gasteiger partial charge in [-0.25, -0.2) is 4.98 Å². The first-order valence-corrected chi connectivity index (χ1v) is 4.67. The molecule has 0 spiro atoms. The van der Waals surface area contributed by atoms with Crippen molar-refractivity contribution < 1.29 is 0 Å². The van der Waals surface area contributed by atoms with Crippen molar-refractivity contribution >= 4 is 11.5 Å². The Balaban J connectivity index is 2.60.